The van der Waals surface area contributed by atoms with E-state index in [2.05, 4.69) is 4.72 Å². The highest BCUT2D eigenvalue weighted by Gasteiger charge is 2.18. The quantitative estimate of drug-likeness (QED) is 0.879. The summed E-state index contributed by atoms with van der Waals surface area (Å²) in [4.78, 5) is 0.222. The molecule has 0 bridgehead atoms. The molecule has 0 fully saturated rings. The molecule has 2 aromatic rings. The molecule has 0 amide bonds. The fourth-order valence-corrected chi connectivity index (χ4v) is 4.03. The van der Waals surface area contributed by atoms with Crippen LogP contribution in [0, 0.1) is 13.8 Å². The number of rotatable bonds is 5. The van der Waals surface area contributed by atoms with E-state index in [1.54, 1.807) is 31.2 Å². The first kappa shape index (κ1) is 18.3. The number of nitrogens with one attached hydrogen (secondary N) is 1. The Kier molecular flexibility index (Phi) is 4.91. The van der Waals surface area contributed by atoms with E-state index in [1.807, 2.05) is 13.0 Å². The molecule has 8 heteroatoms. The summed E-state index contributed by atoms with van der Waals surface area (Å²) in [5.74, 6) is 0. The maximum atomic E-state index is 12.5. The van der Waals surface area contributed by atoms with E-state index in [0.29, 0.717) is 16.9 Å². The monoisotopic (exact) mass is 368 g/mol. The van der Waals surface area contributed by atoms with Crippen LogP contribution >= 0.6 is 0 Å². The number of hydrogen-bond donors (Lipinski definition) is 1. The van der Waals surface area contributed by atoms with Gasteiger partial charge < -0.3 is 0 Å². The van der Waals surface area contributed by atoms with Gasteiger partial charge in [0.1, 0.15) is 0 Å². The fraction of sp³-hybridized carbons (Fsp3) is 0.250. The Hall–Kier alpha value is -2.06. The van der Waals surface area contributed by atoms with Crippen molar-refractivity contribution in [2.75, 3.05) is 22.3 Å². The van der Waals surface area contributed by atoms with E-state index in [9.17, 15) is 16.8 Å². The van der Waals surface area contributed by atoms with Gasteiger partial charge in [0, 0.05) is 12.7 Å². The summed E-state index contributed by atoms with van der Waals surface area (Å²) in [6.45, 7) is 3.56. The highest BCUT2D eigenvalue weighted by molar-refractivity contribution is 7.92. The lowest BCUT2D eigenvalue weighted by Crippen LogP contribution is -2.24. The van der Waals surface area contributed by atoms with Crippen molar-refractivity contribution in [3.63, 3.8) is 0 Å². The molecular formula is C16H20N2O4S2. The van der Waals surface area contributed by atoms with Gasteiger partial charge in [-0.2, -0.15) is 0 Å². The Morgan fingerprint density at radius 2 is 1.50 bits per heavy atom. The van der Waals surface area contributed by atoms with E-state index in [0.717, 1.165) is 16.1 Å². The van der Waals surface area contributed by atoms with Crippen molar-refractivity contribution in [1.82, 2.24) is 0 Å². The van der Waals surface area contributed by atoms with Gasteiger partial charge in [-0.1, -0.05) is 12.1 Å². The second kappa shape index (κ2) is 6.45. The summed E-state index contributed by atoms with van der Waals surface area (Å²) in [5, 5.41) is 0. The maximum absolute atomic E-state index is 12.5. The Balaban J connectivity index is 2.29. The summed E-state index contributed by atoms with van der Waals surface area (Å²) in [5.41, 5.74) is 2.32. The molecule has 0 aliphatic rings. The van der Waals surface area contributed by atoms with Crippen molar-refractivity contribution in [2.45, 2.75) is 18.7 Å². The zero-order valence-corrected chi connectivity index (χ0v) is 15.6. The van der Waals surface area contributed by atoms with Crippen LogP contribution in [-0.4, -0.2) is 30.1 Å². The molecule has 0 spiro atoms. The first-order valence-electron chi connectivity index (χ1n) is 7.15. The third kappa shape index (κ3) is 4.07. The molecule has 2 rings (SSSR count). The highest BCUT2D eigenvalue weighted by atomic mass is 32.2. The van der Waals surface area contributed by atoms with E-state index < -0.39 is 20.0 Å². The van der Waals surface area contributed by atoms with Crippen molar-refractivity contribution in [3.8, 4) is 0 Å². The molecule has 2 aromatic carbocycles. The Bertz CT molecular complexity index is 950. The SMILES string of the molecule is Cc1ccc(C)c(S(=O)(=O)Nc2ccc(N(C)S(C)(=O)=O)cc2)c1. The molecule has 0 unspecified atom stereocenters. The second-order valence-corrected chi connectivity index (χ2v) is 9.32. The van der Waals surface area contributed by atoms with Crippen LogP contribution in [0.1, 0.15) is 11.1 Å². The Morgan fingerprint density at radius 1 is 0.917 bits per heavy atom. The van der Waals surface area contributed by atoms with Gasteiger partial charge in [0.05, 0.1) is 16.8 Å². The lowest BCUT2D eigenvalue weighted by molar-refractivity contribution is 0.598. The summed E-state index contributed by atoms with van der Waals surface area (Å²) in [7, 11) is -5.64. The number of nitrogens with zero attached hydrogens (tertiary/aromatic N) is 1. The summed E-state index contributed by atoms with van der Waals surface area (Å²) >= 11 is 0. The number of aryl methyl sites for hydroxylation is 2. The van der Waals surface area contributed by atoms with E-state index in [-0.39, 0.29) is 4.90 Å². The number of hydrogen-bond acceptors (Lipinski definition) is 4. The minimum atomic E-state index is -3.71. The van der Waals surface area contributed by atoms with Crippen molar-refractivity contribution >= 4 is 31.4 Å². The van der Waals surface area contributed by atoms with Gasteiger partial charge in [0.15, 0.2) is 0 Å². The van der Waals surface area contributed by atoms with Crippen LogP contribution in [0.15, 0.2) is 47.4 Å². The average molecular weight is 368 g/mol. The number of anilines is 2. The van der Waals surface area contributed by atoms with Crippen molar-refractivity contribution in [1.29, 1.82) is 0 Å². The molecule has 0 radical (unpaired) electrons. The van der Waals surface area contributed by atoms with Crippen LogP contribution in [0.5, 0.6) is 0 Å². The first-order chi connectivity index (χ1) is 11.0. The van der Waals surface area contributed by atoms with Crippen LogP contribution in [0.2, 0.25) is 0 Å². The molecule has 24 heavy (non-hydrogen) atoms. The zero-order chi connectivity index (χ0) is 18.1. The van der Waals surface area contributed by atoms with Gasteiger partial charge in [-0.3, -0.25) is 9.03 Å². The molecule has 1 N–H and O–H groups in total. The Morgan fingerprint density at radius 3 is 2.04 bits per heavy atom. The van der Waals surface area contributed by atoms with Crippen molar-refractivity contribution < 1.29 is 16.8 Å². The summed E-state index contributed by atoms with van der Waals surface area (Å²) in [6.07, 6.45) is 1.10. The second-order valence-electron chi connectivity index (χ2n) is 5.65. The maximum Gasteiger partial charge on any atom is 0.262 e. The minimum absolute atomic E-state index is 0.222. The summed E-state index contributed by atoms with van der Waals surface area (Å²) in [6, 6.07) is 11.4. The number of benzene rings is 2. The topological polar surface area (TPSA) is 83.6 Å². The molecule has 0 atom stereocenters. The third-order valence-corrected chi connectivity index (χ3v) is 6.34. The van der Waals surface area contributed by atoms with Crippen LogP contribution in [-0.2, 0) is 20.0 Å². The van der Waals surface area contributed by atoms with Crippen molar-refractivity contribution in [2.24, 2.45) is 0 Å². The lowest BCUT2D eigenvalue weighted by atomic mass is 10.2. The van der Waals surface area contributed by atoms with Gasteiger partial charge in [-0.05, 0) is 55.3 Å². The van der Waals surface area contributed by atoms with E-state index in [1.165, 1.54) is 19.2 Å². The molecule has 0 saturated heterocycles. The molecule has 0 aliphatic heterocycles. The molecular weight excluding hydrogens is 348 g/mol. The summed E-state index contributed by atoms with van der Waals surface area (Å²) < 4.78 is 51.7. The fourth-order valence-electron chi connectivity index (χ4n) is 2.14. The largest absolute Gasteiger partial charge is 0.280 e. The predicted octanol–water partition coefficient (Wildman–Crippen LogP) is 2.50. The highest BCUT2D eigenvalue weighted by Crippen LogP contribution is 2.23. The molecule has 6 nitrogen and oxygen atoms in total. The van der Waals surface area contributed by atoms with Gasteiger partial charge in [-0.25, -0.2) is 16.8 Å². The zero-order valence-electron chi connectivity index (χ0n) is 13.9. The van der Waals surface area contributed by atoms with Crippen LogP contribution in [0.25, 0.3) is 0 Å². The van der Waals surface area contributed by atoms with E-state index in [4.69, 9.17) is 0 Å². The first-order valence-corrected chi connectivity index (χ1v) is 10.5. The van der Waals surface area contributed by atoms with Crippen LogP contribution < -0.4 is 9.03 Å². The average Bonchev–Trinajstić information content (AvgIpc) is 2.48. The van der Waals surface area contributed by atoms with Gasteiger partial charge in [-0.15, -0.1) is 0 Å². The van der Waals surface area contributed by atoms with Gasteiger partial charge in [0.2, 0.25) is 10.0 Å². The molecule has 0 heterocycles. The molecule has 0 aromatic heterocycles. The minimum Gasteiger partial charge on any atom is -0.280 e. The standard InChI is InChI=1S/C16H20N2O4S2/c1-12-5-6-13(2)16(11-12)24(21,22)17-14-7-9-15(10-8-14)18(3)23(4,19)20/h5-11,17H,1-4H3. The van der Waals surface area contributed by atoms with Crippen LogP contribution in [0.4, 0.5) is 11.4 Å². The molecule has 0 saturated carbocycles. The van der Waals surface area contributed by atoms with Crippen molar-refractivity contribution in [3.05, 3.63) is 53.6 Å². The lowest BCUT2D eigenvalue weighted by Gasteiger charge is -2.17. The normalized spacial score (nSPS) is 12.0. The third-order valence-electron chi connectivity index (χ3n) is 3.61. The Labute approximate surface area is 143 Å². The van der Waals surface area contributed by atoms with Gasteiger partial charge in [0.25, 0.3) is 10.0 Å². The molecule has 0 aliphatic carbocycles. The predicted molar refractivity (Wildman–Crippen MR) is 96.4 cm³/mol. The molecule has 130 valence electrons. The smallest absolute Gasteiger partial charge is 0.262 e. The number of sulfonamides is 2. The van der Waals surface area contributed by atoms with Gasteiger partial charge >= 0.3 is 0 Å². The van der Waals surface area contributed by atoms with E-state index >= 15 is 0 Å². The van der Waals surface area contributed by atoms with Crippen LogP contribution in [0.3, 0.4) is 0 Å².